The summed E-state index contributed by atoms with van der Waals surface area (Å²) in [5.41, 5.74) is 1.05. The number of amides is 1. The molecule has 0 aliphatic heterocycles. The summed E-state index contributed by atoms with van der Waals surface area (Å²) in [5, 5.41) is 2.84. The molecule has 6 nitrogen and oxygen atoms in total. The highest BCUT2D eigenvalue weighted by molar-refractivity contribution is 5.77. The van der Waals surface area contributed by atoms with Crippen molar-refractivity contribution >= 4 is 5.91 Å². The fourth-order valence-corrected chi connectivity index (χ4v) is 2.40. The predicted octanol–water partition coefficient (Wildman–Crippen LogP) is 2.84. The van der Waals surface area contributed by atoms with E-state index in [4.69, 9.17) is 18.9 Å². The molecule has 1 N–H and O–H groups in total. The van der Waals surface area contributed by atoms with E-state index >= 15 is 0 Å². The normalized spacial score (nSPS) is 10.1. The third-order valence-corrected chi connectivity index (χ3v) is 3.67. The Balaban J connectivity index is 1.76. The van der Waals surface area contributed by atoms with Crippen LogP contribution >= 0.6 is 0 Å². The standard InChI is InChI=1S/C20H25NO5/c1-4-25-16-6-5-7-17(13-16)26-14-20(22)21-11-10-15-8-9-18(23-2)19(12-15)24-3/h5-9,12-13H,4,10-11,14H2,1-3H3,(H,21,22). The van der Waals surface area contributed by atoms with Crippen molar-refractivity contribution in [2.45, 2.75) is 13.3 Å². The second kappa shape index (κ2) is 10.2. The number of ether oxygens (including phenoxy) is 4. The van der Waals surface area contributed by atoms with Gasteiger partial charge in [-0.3, -0.25) is 4.79 Å². The first-order chi connectivity index (χ1) is 12.7. The maximum Gasteiger partial charge on any atom is 0.257 e. The Morgan fingerprint density at radius 1 is 0.962 bits per heavy atom. The molecule has 0 saturated heterocycles. The van der Waals surface area contributed by atoms with Gasteiger partial charge < -0.3 is 24.3 Å². The lowest BCUT2D eigenvalue weighted by Gasteiger charge is -2.11. The van der Waals surface area contributed by atoms with E-state index in [0.717, 1.165) is 11.3 Å². The SMILES string of the molecule is CCOc1cccc(OCC(=O)NCCc2ccc(OC)c(OC)c2)c1. The Hall–Kier alpha value is -2.89. The number of hydrogen-bond acceptors (Lipinski definition) is 5. The molecule has 0 unspecified atom stereocenters. The first-order valence-corrected chi connectivity index (χ1v) is 8.49. The van der Waals surface area contributed by atoms with Crippen LogP contribution in [0.5, 0.6) is 23.0 Å². The molecule has 0 radical (unpaired) electrons. The van der Waals surface area contributed by atoms with Crippen molar-refractivity contribution in [2.75, 3.05) is 34.0 Å². The van der Waals surface area contributed by atoms with Crippen LogP contribution in [0.4, 0.5) is 0 Å². The molecule has 0 aliphatic rings. The molecule has 0 saturated carbocycles. The quantitative estimate of drug-likeness (QED) is 0.707. The number of carbonyl (C=O) groups is 1. The summed E-state index contributed by atoms with van der Waals surface area (Å²) in [5.74, 6) is 2.51. The largest absolute Gasteiger partial charge is 0.494 e. The summed E-state index contributed by atoms with van der Waals surface area (Å²) in [6.07, 6.45) is 0.686. The minimum atomic E-state index is -0.174. The number of benzene rings is 2. The van der Waals surface area contributed by atoms with Gasteiger partial charge in [0.25, 0.3) is 5.91 Å². The summed E-state index contributed by atoms with van der Waals surface area (Å²) in [7, 11) is 3.20. The zero-order valence-electron chi connectivity index (χ0n) is 15.4. The van der Waals surface area contributed by atoms with Crippen LogP contribution in [0.2, 0.25) is 0 Å². The summed E-state index contributed by atoms with van der Waals surface area (Å²) >= 11 is 0. The van der Waals surface area contributed by atoms with Crippen LogP contribution in [-0.4, -0.2) is 39.9 Å². The molecule has 140 valence electrons. The van der Waals surface area contributed by atoms with Gasteiger partial charge in [-0.1, -0.05) is 12.1 Å². The van der Waals surface area contributed by atoms with Crippen LogP contribution in [-0.2, 0) is 11.2 Å². The van der Waals surface area contributed by atoms with Crippen molar-refractivity contribution in [1.29, 1.82) is 0 Å². The molecule has 2 aromatic rings. The van der Waals surface area contributed by atoms with Crippen LogP contribution in [0, 0.1) is 0 Å². The summed E-state index contributed by atoms with van der Waals surface area (Å²) in [4.78, 5) is 11.9. The van der Waals surface area contributed by atoms with Crippen molar-refractivity contribution < 1.29 is 23.7 Å². The predicted molar refractivity (Wildman–Crippen MR) is 99.4 cm³/mol. The molecular weight excluding hydrogens is 334 g/mol. The molecule has 0 atom stereocenters. The van der Waals surface area contributed by atoms with Gasteiger partial charge in [0, 0.05) is 12.6 Å². The van der Waals surface area contributed by atoms with E-state index < -0.39 is 0 Å². The van der Waals surface area contributed by atoms with Gasteiger partial charge in [0.1, 0.15) is 11.5 Å². The van der Waals surface area contributed by atoms with Gasteiger partial charge in [0.05, 0.1) is 20.8 Å². The highest BCUT2D eigenvalue weighted by Crippen LogP contribution is 2.27. The monoisotopic (exact) mass is 359 g/mol. The van der Waals surface area contributed by atoms with E-state index in [2.05, 4.69) is 5.32 Å². The Morgan fingerprint density at radius 3 is 2.38 bits per heavy atom. The van der Waals surface area contributed by atoms with Crippen LogP contribution in [0.1, 0.15) is 12.5 Å². The van der Waals surface area contributed by atoms with E-state index in [9.17, 15) is 4.79 Å². The zero-order chi connectivity index (χ0) is 18.8. The molecule has 0 spiro atoms. The average molecular weight is 359 g/mol. The van der Waals surface area contributed by atoms with Gasteiger partial charge >= 0.3 is 0 Å². The molecule has 2 rings (SSSR count). The molecule has 26 heavy (non-hydrogen) atoms. The Bertz CT molecular complexity index is 717. The fraction of sp³-hybridized carbons (Fsp3) is 0.350. The first-order valence-electron chi connectivity index (χ1n) is 8.49. The molecular formula is C20H25NO5. The smallest absolute Gasteiger partial charge is 0.257 e. The summed E-state index contributed by atoms with van der Waals surface area (Å²) in [6, 6.07) is 12.9. The molecule has 0 aromatic heterocycles. The van der Waals surface area contributed by atoms with Gasteiger partial charge in [-0.15, -0.1) is 0 Å². The number of hydrogen-bond donors (Lipinski definition) is 1. The minimum absolute atomic E-state index is 0.0402. The second-order valence-corrected chi connectivity index (χ2v) is 5.49. The van der Waals surface area contributed by atoms with E-state index in [1.165, 1.54) is 0 Å². The first kappa shape index (κ1) is 19.4. The minimum Gasteiger partial charge on any atom is -0.494 e. The fourth-order valence-electron chi connectivity index (χ4n) is 2.40. The third-order valence-electron chi connectivity index (χ3n) is 3.67. The van der Waals surface area contributed by atoms with Gasteiger partial charge in [-0.2, -0.15) is 0 Å². The molecule has 2 aromatic carbocycles. The Kier molecular flexibility index (Phi) is 7.61. The molecule has 0 aliphatic carbocycles. The molecule has 0 bridgehead atoms. The maximum absolute atomic E-state index is 11.9. The lowest BCUT2D eigenvalue weighted by atomic mass is 10.1. The van der Waals surface area contributed by atoms with Crippen LogP contribution in [0.25, 0.3) is 0 Å². The zero-order valence-corrected chi connectivity index (χ0v) is 15.4. The Morgan fingerprint density at radius 2 is 1.69 bits per heavy atom. The van der Waals surface area contributed by atoms with Gasteiger partial charge in [-0.25, -0.2) is 0 Å². The van der Waals surface area contributed by atoms with Crippen LogP contribution in [0.15, 0.2) is 42.5 Å². The van der Waals surface area contributed by atoms with Gasteiger partial charge in [0.2, 0.25) is 0 Å². The number of methoxy groups -OCH3 is 2. The topological polar surface area (TPSA) is 66.0 Å². The number of nitrogens with one attached hydrogen (secondary N) is 1. The summed E-state index contributed by atoms with van der Waals surface area (Å²) in [6.45, 7) is 2.97. The second-order valence-electron chi connectivity index (χ2n) is 5.49. The molecule has 0 heterocycles. The number of carbonyl (C=O) groups excluding carboxylic acids is 1. The third kappa shape index (κ3) is 5.88. The van der Waals surface area contributed by atoms with Gasteiger partial charge in [-0.05, 0) is 43.2 Å². The van der Waals surface area contributed by atoms with Crippen molar-refractivity contribution in [3.05, 3.63) is 48.0 Å². The maximum atomic E-state index is 11.9. The van der Waals surface area contributed by atoms with E-state index in [1.807, 2.05) is 37.3 Å². The van der Waals surface area contributed by atoms with Crippen LogP contribution in [0.3, 0.4) is 0 Å². The van der Waals surface area contributed by atoms with E-state index in [1.54, 1.807) is 26.4 Å². The Labute approximate surface area is 154 Å². The van der Waals surface area contributed by atoms with Gasteiger partial charge in [0.15, 0.2) is 18.1 Å². The molecule has 0 fully saturated rings. The van der Waals surface area contributed by atoms with Crippen molar-refractivity contribution in [3.63, 3.8) is 0 Å². The lowest BCUT2D eigenvalue weighted by molar-refractivity contribution is -0.123. The highest BCUT2D eigenvalue weighted by atomic mass is 16.5. The van der Waals surface area contributed by atoms with Crippen molar-refractivity contribution in [1.82, 2.24) is 5.32 Å². The summed E-state index contributed by atoms with van der Waals surface area (Å²) < 4.78 is 21.4. The average Bonchev–Trinajstić information content (AvgIpc) is 2.67. The number of rotatable bonds is 10. The van der Waals surface area contributed by atoms with Crippen molar-refractivity contribution in [2.24, 2.45) is 0 Å². The van der Waals surface area contributed by atoms with E-state index in [0.29, 0.717) is 36.8 Å². The van der Waals surface area contributed by atoms with Crippen LogP contribution < -0.4 is 24.3 Å². The lowest BCUT2D eigenvalue weighted by Crippen LogP contribution is -2.30. The molecule has 1 amide bonds. The van der Waals surface area contributed by atoms with Crippen molar-refractivity contribution in [3.8, 4) is 23.0 Å². The highest BCUT2D eigenvalue weighted by Gasteiger charge is 2.06. The van der Waals surface area contributed by atoms with E-state index in [-0.39, 0.29) is 12.5 Å². The molecule has 6 heteroatoms.